The van der Waals surface area contributed by atoms with Crippen LogP contribution in [0.5, 0.6) is 17.4 Å². The molecule has 0 aliphatic heterocycles. The maximum Gasteiger partial charge on any atom is 0.319 e. The fourth-order valence-electron chi connectivity index (χ4n) is 3.00. The van der Waals surface area contributed by atoms with Gasteiger partial charge in [-0.25, -0.2) is 9.78 Å². The van der Waals surface area contributed by atoms with Gasteiger partial charge in [0.05, 0.1) is 6.61 Å². The molecule has 0 radical (unpaired) electrons. The summed E-state index contributed by atoms with van der Waals surface area (Å²) in [6.45, 7) is 6.73. The highest BCUT2D eigenvalue weighted by molar-refractivity contribution is 5.95. The zero-order chi connectivity index (χ0) is 24.3. The Balaban J connectivity index is 1.57. The number of rotatable bonds is 10. The van der Waals surface area contributed by atoms with E-state index in [0.717, 1.165) is 17.7 Å². The van der Waals surface area contributed by atoms with Gasteiger partial charge in [0.2, 0.25) is 5.88 Å². The molecule has 34 heavy (non-hydrogen) atoms. The normalized spacial score (nSPS) is 10.5. The Kier molecular flexibility index (Phi) is 8.85. The summed E-state index contributed by atoms with van der Waals surface area (Å²) < 4.78 is 11.5. The zero-order valence-electron chi connectivity index (χ0n) is 19.6. The van der Waals surface area contributed by atoms with Gasteiger partial charge in [0.25, 0.3) is 5.91 Å². The molecule has 0 bridgehead atoms. The quantitative estimate of drug-likeness (QED) is 0.388. The molecule has 3 amide bonds. The van der Waals surface area contributed by atoms with Crippen LogP contribution < -0.4 is 25.4 Å². The van der Waals surface area contributed by atoms with E-state index in [1.807, 2.05) is 44.2 Å². The lowest BCUT2D eigenvalue weighted by Gasteiger charge is -2.12. The number of carbonyl (C=O) groups excluding carboxylic acids is 2. The maximum absolute atomic E-state index is 12.6. The highest BCUT2D eigenvalue weighted by atomic mass is 16.5. The third kappa shape index (κ3) is 7.51. The largest absolute Gasteiger partial charge is 0.494 e. The van der Waals surface area contributed by atoms with Crippen molar-refractivity contribution in [3.63, 3.8) is 0 Å². The van der Waals surface area contributed by atoms with Crippen LogP contribution in [0.3, 0.4) is 0 Å². The molecular formula is C26H30N4O4. The van der Waals surface area contributed by atoms with Gasteiger partial charge in [-0.3, -0.25) is 4.79 Å². The van der Waals surface area contributed by atoms with Crippen molar-refractivity contribution in [3.05, 3.63) is 78.0 Å². The van der Waals surface area contributed by atoms with Crippen LogP contribution >= 0.6 is 0 Å². The van der Waals surface area contributed by atoms with E-state index in [-0.39, 0.29) is 24.5 Å². The summed E-state index contributed by atoms with van der Waals surface area (Å²) in [5.74, 6) is 1.58. The van der Waals surface area contributed by atoms with E-state index in [1.54, 1.807) is 36.5 Å². The number of urea groups is 1. The van der Waals surface area contributed by atoms with Crippen LogP contribution in [0, 0.1) is 0 Å². The molecule has 0 spiro atoms. The number of anilines is 1. The molecule has 178 valence electrons. The first-order chi connectivity index (χ1) is 16.4. The first-order valence-electron chi connectivity index (χ1n) is 11.2. The molecule has 1 heterocycles. The lowest BCUT2D eigenvalue weighted by Crippen LogP contribution is -2.34. The number of benzene rings is 2. The number of amides is 3. The van der Waals surface area contributed by atoms with E-state index in [0.29, 0.717) is 29.5 Å². The average Bonchev–Trinajstić information content (AvgIpc) is 2.83. The standard InChI is InChI=1S/C26H30N4O4/c1-4-16-33-22-11-13-23(14-12-22)34-25-20(6-5-15-27-25)17-28-24(31)19-7-9-21(10-8-19)30-26(32)29-18(2)3/h5-15,18H,4,16-17H2,1-3H3,(H,28,31)(H2,29,30,32). The summed E-state index contributed by atoms with van der Waals surface area (Å²) in [5.41, 5.74) is 1.82. The van der Waals surface area contributed by atoms with Gasteiger partial charge in [-0.15, -0.1) is 0 Å². The molecule has 2 aromatic carbocycles. The van der Waals surface area contributed by atoms with Crippen molar-refractivity contribution in [3.8, 4) is 17.4 Å². The van der Waals surface area contributed by atoms with Crippen molar-refractivity contribution in [1.82, 2.24) is 15.6 Å². The Labute approximate surface area is 199 Å². The zero-order valence-corrected chi connectivity index (χ0v) is 19.6. The van der Waals surface area contributed by atoms with Crippen molar-refractivity contribution >= 4 is 17.6 Å². The molecule has 0 saturated carbocycles. The van der Waals surface area contributed by atoms with E-state index in [2.05, 4.69) is 27.9 Å². The minimum absolute atomic E-state index is 0.0329. The second-order valence-electron chi connectivity index (χ2n) is 7.90. The number of carbonyl (C=O) groups is 2. The van der Waals surface area contributed by atoms with Gasteiger partial charge in [-0.05, 0) is 74.9 Å². The molecule has 0 unspecified atom stereocenters. The van der Waals surface area contributed by atoms with Crippen molar-refractivity contribution in [2.24, 2.45) is 0 Å². The van der Waals surface area contributed by atoms with Crippen LogP contribution in [0.2, 0.25) is 0 Å². The first-order valence-corrected chi connectivity index (χ1v) is 11.2. The van der Waals surface area contributed by atoms with E-state index in [9.17, 15) is 9.59 Å². The summed E-state index contributed by atoms with van der Waals surface area (Å²) in [6, 6.07) is 17.4. The maximum atomic E-state index is 12.6. The molecule has 0 aliphatic carbocycles. The van der Waals surface area contributed by atoms with Crippen LogP contribution in [0.4, 0.5) is 10.5 Å². The smallest absolute Gasteiger partial charge is 0.319 e. The third-order valence-electron chi connectivity index (χ3n) is 4.63. The summed E-state index contributed by atoms with van der Waals surface area (Å²) in [5, 5.41) is 8.36. The number of ether oxygens (including phenoxy) is 2. The number of nitrogens with one attached hydrogen (secondary N) is 3. The monoisotopic (exact) mass is 462 g/mol. The van der Waals surface area contributed by atoms with Crippen molar-refractivity contribution in [1.29, 1.82) is 0 Å². The highest BCUT2D eigenvalue weighted by Crippen LogP contribution is 2.25. The molecule has 3 rings (SSSR count). The van der Waals surface area contributed by atoms with Gasteiger partial charge in [-0.1, -0.05) is 13.0 Å². The fraction of sp³-hybridized carbons (Fsp3) is 0.269. The van der Waals surface area contributed by atoms with Crippen molar-refractivity contribution in [2.45, 2.75) is 39.8 Å². The summed E-state index contributed by atoms with van der Waals surface area (Å²) >= 11 is 0. The van der Waals surface area contributed by atoms with E-state index in [4.69, 9.17) is 9.47 Å². The second kappa shape index (κ2) is 12.2. The van der Waals surface area contributed by atoms with E-state index >= 15 is 0 Å². The van der Waals surface area contributed by atoms with Gasteiger partial charge in [0, 0.05) is 35.6 Å². The molecule has 0 fully saturated rings. The minimum atomic E-state index is -0.292. The molecule has 0 aliphatic rings. The predicted octanol–water partition coefficient (Wildman–Crippen LogP) is 5.12. The molecule has 0 saturated heterocycles. The van der Waals surface area contributed by atoms with Gasteiger partial charge < -0.3 is 25.4 Å². The predicted molar refractivity (Wildman–Crippen MR) is 131 cm³/mol. The minimum Gasteiger partial charge on any atom is -0.494 e. The number of nitrogens with zero attached hydrogens (tertiary/aromatic N) is 1. The van der Waals surface area contributed by atoms with Crippen molar-refractivity contribution in [2.75, 3.05) is 11.9 Å². The van der Waals surface area contributed by atoms with Gasteiger partial charge in [0.15, 0.2) is 0 Å². The van der Waals surface area contributed by atoms with Crippen molar-refractivity contribution < 1.29 is 19.1 Å². The summed E-state index contributed by atoms with van der Waals surface area (Å²) in [7, 11) is 0. The summed E-state index contributed by atoms with van der Waals surface area (Å²) in [6.07, 6.45) is 2.58. The van der Waals surface area contributed by atoms with Crippen LogP contribution in [-0.4, -0.2) is 29.6 Å². The Hall–Kier alpha value is -4.07. The number of aromatic nitrogens is 1. The second-order valence-corrected chi connectivity index (χ2v) is 7.90. The van der Waals surface area contributed by atoms with Gasteiger partial charge in [0.1, 0.15) is 11.5 Å². The third-order valence-corrected chi connectivity index (χ3v) is 4.63. The van der Waals surface area contributed by atoms with Gasteiger partial charge in [-0.2, -0.15) is 0 Å². The molecule has 1 aromatic heterocycles. The Morgan fingerprint density at radius 3 is 2.35 bits per heavy atom. The van der Waals surface area contributed by atoms with Crippen LogP contribution in [0.15, 0.2) is 66.9 Å². The number of pyridine rings is 1. The molecular weight excluding hydrogens is 432 g/mol. The Bertz CT molecular complexity index is 1080. The Morgan fingerprint density at radius 2 is 1.68 bits per heavy atom. The lowest BCUT2D eigenvalue weighted by atomic mass is 10.2. The molecule has 8 nitrogen and oxygen atoms in total. The average molecular weight is 463 g/mol. The lowest BCUT2D eigenvalue weighted by molar-refractivity contribution is 0.0950. The van der Waals surface area contributed by atoms with Crippen LogP contribution in [0.25, 0.3) is 0 Å². The topological polar surface area (TPSA) is 102 Å². The number of hydrogen-bond donors (Lipinski definition) is 3. The fourth-order valence-corrected chi connectivity index (χ4v) is 3.00. The SMILES string of the molecule is CCCOc1ccc(Oc2ncccc2CNC(=O)c2ccc(NC(=O)NC(C)C)cc2)cc1. The van der Waals surface area contributed by atoms with Crippen LogP contribution in [-0.2, 0) is 6.54 Å². The first kappa shape index (κ1) is 24.6. The Morgan fingerprint density at radius 1 is 0.971 bits per heavy atom. The van der Waals surface area contributed by atoms with E-state index < -0.39 is 0 Å². The molecule has 3 N–H and O–H groups in total. The summed E-state index contributed by atoms with van der Waals surface area (Å²) in [4.78, 5) is 28.7. The number of hydrogen-bond acceptors (Lipinski definition) is 5. The molecule has 8 heteroatoms. The van der Waals surface area contributed by atoms with E-state index in [1.165, 1.54) is 0 Å². The molecule has 0 atom stereocenters. The van der Waals surface area contributed by atoms with Gasteiger partial charge >= 0.3 is 6.03 Å². The highest BCUT2D eigenvalue weighted by Gasteiger charge is 2.11. The molecule has 3 aromatic rings. The van der Waals surface area contributed by atoms with Crippen LogP contribution in [0.1, 0.15) is 43.1 Å².